The van der Waals surface area contributed by atoms with Crippen LogP contribution in [0.5, 0.6) is 5.75 Å². The molecule has 1 fully saturated rings. The normalized spacial score (nSPS) is 17.0. The number of halogens is 3. The number of nitrogens with two attached hydrogens (primary N) is 1. The van der Waals surface area contributed by atoms with Crippen LogP contribution in [0.25, 0.3) is 0 Å². The molecule has 0 spiro atoms. The number of nitrogens with one attached hydrogen (secondary N) is 1. The third-order valence-electron chi connectivity index (χ3n) is 5.52. The maximum absolute atomic E-state index is 14.3. The molecule has 3 N–H and O–H groups in total. The molecule has 33 heavy (non-hydrogen) atoms. The third-order valence-corrected chi connectivity index (χ3v) is 8.11. The summed E-state index contributed by atoms with van der Waals surface area (Å²) >= 11 is 1.96. The monoisotopic (exact) mass is 593 g/mol. The van der Waals surface area contributed by atoms with Gasteiger partial charge in [-0.1, -0.05) is 6.42 Å². The molecule has 1 unspecified atom stereocenters. The lowest BCUT2D eigenvalue weighted by Gasteiger charge is -2.34. The highest BCUT2D eigenvalue weighted by Gasteiger charge is 2.31. The Bertz CT molecular complexity index is 1130. The van der Waals surface area contributed by atoms with Crippen molar-refractivity contribution < 1.29 is 26.7 Å². The standard InChI is InChI=1S/C22H26F2IN3O4S/c1-2-33(30,31)28-9-4-3-5-16(28)8-10-32-20-12-14(23)11-19(21(20)22(26)29)27-18-7-6-15(25)13-17(18)24/h6-7,11-13,16,27H,2-5,8-10H2,1H3,(H2,26,29). The molecule has 0 aromatic heterocycles. The molecule has 0 bridgehead atoms. The van der Waals surface area contributed by atoms with Gasteiger partial charge in [0.1, 0.15) is 22.9 Å². The summed E-state index contributed by atoms with van der Waals surface area (Å²) in [7, 11) is -3.34. The van der Waals surface area contributed by atoms with E-state index in [2.05, 4.69) is 5.32 Å². The van der Waals surface area contributed by atoms with Crippen molar-refractivity contribution in [2.45, 2.75) is 38.6 Å². The second-order valence-corrected chi connectivity index (χ2v) is 11.2. The molecule has 0 saturated carbocycles. The van der Waals surface area contributed by atoms with Gasteiger partial charge in [-0.15, -0.1) is 0 Å². The number of sulfonamides is 1. The fourth-order valence-electron chi connectivity index (χ4n) is 3.88. The summed E-state index contributed by atoms with van der Waals surface area (Å²) in [4.78, 5) is 12.2. The van der Waals surface area contributed by atoms with Crippen molar-refractivity contribution in [2.75, 3.05) is 24.2 Å². The van der Waals surface area contributed by atoms with E-state index in [9.17, 15) is 22.0 Å². The Hall–Kier alpha value is -1.99. The van der Waals surface area contributed by atoms with Crippen LogP contribution in [0.4, 0.5) is 20.2 Å². The number of amides is 1. The largest absolute Gasteiger partial charge is 0.493 e. The Morgan fingerprint density at radius 1 is 1.24 bits per heavy atom. The molecule has 180 valence electrons. The lowest BCUT2D eigenvalue weighted by molar-refractivity contribution is 0.0996. The van der Waals surface area contributed by atoms with Crippen molar-refractivity contribution in [3.05, 3.63) is 51.1 Å². The lowest BCUT2D eigenvalue weighted by Crippen LogP contribution is -2.45. The van der Waals surface area contributed by atoms with Crippen molar-refractivity contribution in [2.24, 2.45) is 5.73 Å². The molecule has 1 saturated heterocycles. The first-order valence-electron chi connectivity index (χ1n) is 10.6. The zero-order chi connectivity index (χ0) is 24.2. The highest BCUT2D eigenvalue weighted by atomic mass is 127. The van der Waals surface area contributed by atoms with E-state index in [1.807, 2.05) is 22.6 Å². The van der Waals surface area contributed by atoms with E-state index < -0.39 is 27.6 Å². The first-order valence-corrected chi connectivity index (χ1v) is 13.3. The van der Waals surface area contributed by atoms with Crippen molar-refractivity contribution in [1.29, 1.82) is 0 Å². The van der Waals surface area contributed by atoms with Gasteiger partial charge in [0.15, 0.2) is 0 Å². The van der Waals surface area contributed by atoms with E-state index in [1.165, 1.54) is 16.4 Å². The molecule has 1 heterocycles. The van der Waals surface area contributed by atoms with Gasteiger partial charge in [0.2, 0.25) is 10.0 Å². The first-order chi connectivity index (χ1) is 15.6. The zero-order valence-electron chi connectivity index (χ0n) is 18.1. The fraction of sp³-hybridized carbons (Fsp3) is 0.409. The number of anilines is 2. The van der Waals surface area contributed by atoms with Crippen LogP contribution >= 0.6 is 22.6 Å². The second-order valence-electron chi connectivity index (χ2n) is 7.74. The number of carbonyl (C=O) groups is 1. The predicted molar refractivity (Wildman–Crippen MR) is 131 cm³/mol. The number of carbonyl (C=O) groups excluding carboxylic acids is 1. The number of hydrogen-bond acceptors (Lipinski definition) is 5. The lowest BCUT2D eigenvalue weighted by atomic mass is 10.0. The highest BCUT2D eigenvalue weighted by molar-refractivity contribution is 14.1. The number of primary amides is 1. The quantitative estimate of drug-likeness (QED) is 0.421. The summed E-state index contributed by atoms with van der Waals surface area (Å²) in [6, 6.07) is 6.28. The van der Waals surface area contributed by atoms with Crippen molar-refractivity contribution in [3.8, 4) is 5.75 Å². The molecular formula is C22H26F2IN3O4S. The predicted octanol–water partition coefficient (Wildman–Crippen LogP) is 4.39. The van der Waals surface area contributed by atoms with Gasteiger partial charge in [-0.3, -0.25) is 4.79 Å². The first kappa shape index (κ1) is 25.6. The Morgan fingerprint density at radius 2 is 2.00 bits per heavy atom. The SMILES string of the molecule is CCS(=O)(=O)N1CCCCC1CCOc1cc(F)cc(Nc2ccc(I)cc2F)c1C(N)=O. The van der Waals surface area contributed by atoms with E-state index in [0.29, 0.717) is 23.0 Å². The van der Waals surface area contributed by atoms with Gasteiger partial charge in [0.05, 0.1) is 23.7 Å². The van der Waals surface area contributed by atoms with Crippen molar-refractivity contribution in [3.63, 3.8) is 0 Å². The minimum atomic E-state index is -3.34. The molecule has 2 aromatic rings. The van der Waals surface area contributed by atoms with E-state index >= 15 is 0 Å². The summed E-state index contributed by atoms with van der Waals surface area (Å²) in [6.07, 6.45) is 2.79. The molecule has 11 heteroatoms. The van der Waals surface area contributed by atoms with Crippen LogP contribution in [-0.4, -0.2) is 43.6 Å². The van der Waals surface area contributed by atoms with Gasteiger partial charge in [0.25, 0.3) is 5.91 Å². The summed E-state index contributed by atoms with van der Waals surface area (Å²) in [6.45, 7) is 2.12. The van der Waals surface area contributed by atoms with Crippen LogP contribution in [0.1, 0.15) is 43.0 Å². The zero-order valence-corrected chi connectivity index (χ0v) is 21.1. The van der Waals surface area contributed by atoms with Crippen LogP contribution < -0.4 is 15.8 Å². The van der Waals surface area contributed by atoms with Crippen LogP contribution in [0.15, 0.2) is 30.3 Å². The molecule has 1 aliphatic rings. The molecule has 0 radical (unpaired) electrons. The van der Waals surface area contributed by atoms with Gasteiger partial charge < -0.3 is 15.8 Å². The van der Waals surface area contributed by atoms with E-state index in [4.69, 9.17) is 10.5 Å². The number of hydrogen-bond donors (Lipinski definition) is 2. The molecular weight excluding hydrogens is 567 g/mol. The molecule has 2 aromatic carbocycles. The van der Waals surface area contributed by atoms with E-state index in [1.54, 1.807) is 13.0 Å². The average Bonchev–Trinajstić information content (AvgIpc) is 2.75. The van der Waals surface area contributed by atoms with Crippen LogP contribution in [0.2, 0.25) is 0 Å². The Kier molecular flexibility index (Phi) is 8.51. The third kappa shape index (κ3) is 6.33. The van der Waals surface area contributed by atoms with Crippen molar-refractivity contribution >= 4 is 49.9 Å². The van der Waals surface area contributed by atoms with Gasteiger partial charge in [-0.2, -0.15) is 4.31 Å². The van der Waals surface area contributed by atoms with Gasteiger partial charge in [-0.05, 0) is 73.0 Å². The van der Waals surface area contributed by atoms with Crippen LogP contribution in [0.3, 0.4) is 0 Å². The molecule has 1 aliphatic heterocycles. The minimum absolute atomic E-state index is 0.0181. The topological polar surface area (TPSA) is 102 Å². The minimum Gasteiger partial charge on any atom is -0.493 e. The maximum Gasteiger partial charge on any atom is 0.254 e. The summed E-state index contributed by atoms with van der Waals surface area (Å²) in [5.41, 5.74) is 5.44. The van der Waals surface area contributed by atoms with Crippen LogP contribution in [0, 0.1) is 15.2 Å². The molecule has 3 rings (SSSR count). The summed E-state index contributed by atoms with van der Waals surface area (Å²) < 4.78 is 61.3. The molecule has 1 atom stereocenters. The summed E-state index contributed by atoms with van der Waals surface area (Å²) in [5.74, 6) is -2.21. The molecule has 0 aliphatic carbocycles. The number of ether oxygens (including phenoxy) is 1. The number of benzene rings is 2. The number of rotatable bonds is 9. The Labute approximate surface area is 205 Å². The molecule has 1 amide bonds. The maximum atomic E-state index is 14.3. The number of nitrogens with zero attached hydrogens (tertiary/aromatic N) is 1. The van der Waals surface area contributed by atoms with Crippen LogP contribution in [-0.2, 0) is 10.0 Å². The van der Waals surface area contributed by atoms with Gasteiger partial charge >= 0.3 is 0 Å². The average molecular weight is 593 g/mol. The van der Waals surface area contributed by atoms with E-state index in [-0.39, 0.29) is 41.1 Å². The Balaban J connectivity index is 1.81. The molecule has 7 nitrogen and oxygen atoms in total. The number of piperidine rings is 1. The smallest absolute Gasteiger partial charge is 0.254 e. The second kappa shape index (κ2) is 11.0. The van der Waals surface area contributed by atoms with Gasteiger partial charge in [0, 0.05) is 22.2 Å². The Morgan fingerprint density at radius 3 is 2.67 bits per heavy atom. The highest BCUT2D eigenvalue weighted by Crippen LogP contribution is 2.32. The van der Waals surface area contributed by atoms with E-state index in [0.717, 1.165) is 25.0 Å². The summed E-state index contributed by atoms with van der Waals surface area (Å²) in [5, 5.41) is 2.72. The fourth-order valence-corrected chi connectivity index (χ4v) is 5.74. The van der Waals surface area contributed by atoms with Gasteiger partial charge in [-0.25, -0.2) is 17.2 Å². The van der Waals surface area contributed by atoms with Crippen molar-refractivity contribution in [1.82, 2.24) is 4.31 Å².